The fraction of sp³-hybridized carbons (Fsp3) is 0.385. The third-order valence-electron chi connectivity index (χ3n) is 3.44. The van der Waals surface area contributed by atoms with E-state index in [1.54, 1.807) is 24.3 Å². The fourth-order valence-electron chi connectivity index (χ4n) is 2.38. The number of hydrogen-bond acceptors (Lipinski definition) is 4. The first-order valence-electron chi connectivity index (χ1n) is 6.29. The maximum atomic E-state index is 14.6. The van der Waals surface area contributed by atoms with E-state index in [0.717, 1.165) is 0 Å². The molecule has 21 heavy (non-hydrogen) atoms. The zero-order valence-corrected chi connectivity index (χ0v) is 11.4. The molecule has 1 aliphatic carbocycles. The molecule has 1 aromatic heterocycles. The molecule has 0 saturated heterocycles. The van der Waals surface area contributed by atoms with E-state index in [0.29, 0.717) is 10.6 Å². The summed E-state index contributed by atoms with van der Waals surface area (Å²) in [7, 11) is 0. The summed E-state index contributed by atoms with van der Waals surface area (Å²) in [4.78, 5) is 0. The van der Waals surface area contributed by atoms with Crippen molar-refractivity contribution in [3.63, 3.8) is 0 Å². The van der Waals surface area contributed by atoms with Crippen LogP contribution in [0.4, 0.5) is 19.2 Å². The van der Waals surface area contributed by atoms with Gasteiger partial charge >= 0.3 is 12.4 Å². The number of halogens is 4. The van der Waals surface area contributed by atoms with Crippen LogP contribution in [-0.4, -0.2) is 16.2 Å². The molecule has 1 aliphatic rings. The van der Waals surface area contributed by atoms with E-state index < -0.39 is 18.0 Å². The summed E-state index contributed by atoms with van der Waals surface area (Å²) in [5.74, 6) is -0.752. The molecule has 3 rings (SSSR count). The minimum Gasteiger partial charge on any atom is -0.402 e. The number of alkyl halides is 3. The normalized spacial score (nSPS) is 24.9. The highest BCUT2D eigenvalue weighted by Crippen LogP contribution is 2.46. The molecule has 1 heterocycles. The molecular formula is C13H11ClF3N3O. The first-order valence-corrected chi connectivity index (χ1v) is 6.67. The number of nitrogens with one attached hydrogen (secondary N) is 1. The van der Waals surface area contributed by atoms with E-state index >= 15 is 0 Å². The molecule has 0 aliphatic heterocycles. The van der Waals surface area contributed by atoms with Gasteiger partial charge in [-0.3, -0.25) is 0 Å². The van der Waals surface area contributed by atoms with Gasteiger partial charge in [0.2, 0.25) is 0 Å². The van der Waals surface area contributed by atoms with Crippen molar-refractivity contribution < 1.29 is 17.6 Å². The summed E-state index contributed by atoms with van der Waals surface area (Å²) in [5, 5.41) is 9.85. The predicted molar refractivity (Wildman–Crippen MR) is 70.1 cm³/mol. The Bertz CT molecular complexity index is 643. The Morgan fingerprint density at radius 1 is 1.33 bits per heavy atom. The third-order valence-corrected chi connectivity index (χ3v) is 3.67. The van der Waals surface area contributed by atoms with Crippen LogP contribution in [0, 0.1) is 0 Å². The summed E-state index contributed by atoms with van der Waals surface area (Å²) in [5.41, 5.74) is -0.972. The van der Waals surface area contributed by atoms with Gasteiger partial charge in [0.15, 0.2) is 0 Å². The summed E-state index contributed by atoms with van der Waals surface area (Å²) < 4.78 is 43.9. The number of benzene rings is 1. The van der Waals surface area contributed by atoms with Gasteiger partial charge in [-0.2, -0.15) is 8.78 Å². The Balaban J connectivity index is 1.62. The molecule has 0 atom stereocenters. The van der Waals surface area contributed by atoms with Crippen molar-refractivity contribution in [3.05, 3.63) is 40.7 Å². The monoisotopic (exact) mass is 317 g/mol. The van der Waals surface area contributed by atoms with E-state index in [9.17, 15) is 13.2 Å². The van der Waals surface area contributed by atoms with E-state index in [1.807, 2.05) is 0 Å². The lowest BCUT2D eigenvalue weighted by atomic mass is 9.73. The molecule has 0 amide bonds. The van der Waals surface area contributed by atoms with Crippen molar-refractivity contribution in [3.8, 4) is 0 Å². The topological polar surface area (TPSA) is 51.0 Å². The molecule has 0 unspecified atom stereocenters. The van der Waals surface area contributed by atoms with Crippen LogP contribution in [0.15, 0.2) is 28.7 Å². The fourth-order valence-corrected chi connectivity index (χ4v) is 2.57. The maximum absolute atomic E-state index is 14.6. The lowest BCUT2D eigenvalue weighted by molar-refractivity contribution is 0.0468. The molecule has 1 saturated carbocycles. The van der Waals surface area contributed by atoms with Gasteiger partial charge in [-0.1, -0.05) is 28.8 Å². The van der Waals surface area contributed by atoms with Crippen molar-refractivity contribution in [2.24, 2.45) is 0 Å². The van der Waals surface area contributed by atoms with Crippen LogP contribution >= 0.6 is 11.6 Å². The molecule has 112 valence electrons. The summed E-state index contributed by atoms with van der Waals surface area (Å²) in [6.07, 6.45) is -2.46. The maximum Gasteiger partial charge on any atom is 0.315 e. The first kappa shape index (κ1) is 14.2. The second kappa shape index (κ2) is 5.22. The van der Waals surface area contributed by atoms with Gasteiger partial charge in [0, 0.05) is 23.9 Å². The SMILES string of the molecule is FC(F)c1nnc(NC2CC(F)(c3cccc(Cl)c3)C2)o1. The smallest absolute Gasteiger partial charge is 0.315 e. The summed E-state index contributed by atoms with van der Waals surface area (Å²) in [6.45, 7) is 0. The number of nitrogens with zero attached hydrogens (tertiary/aromatic N) is 2. The first-order chi connectivity index (χ1) is 9.96. The second-order valence-corrected chi connectivity index (χ2v) is 5.41. The number of rotatable bonds is 4. The molecule has 1 fully saturated rings. The van der Waals surface area contributed by atoms with Crippen LogP contribution in [-0.2, 0) is 5.67 Å². The predicted octanol–water partition coefficient (Wildman–Crippen LogP) is 4.10. The van der Waals surface area contributed by atoms with Gasteiger partial charge in [0.1, 0.15) is 5.67 Å². The van der Waals surface area contributed by atoms with E-state index in [2.05, 4.69) is 15.5 Å². The summed E-state index contributed by atoms with van der Waals surface area (Å²) >= 11 is 5.84. The van der Waals surface area contributed by atoms with Crippen molar-refractivity contribution in [1.82, 2.24) is 10.2 Å². The van der Waals surface area contributed by atoms with Crippen molar-refractivity contribution >= 4 is 17.6 Å². The van der Waals surface area contributed by atoms with Gasteiger partial charge in [-0.15, -0.1) is 5.10 Å². The zero-order valence-electron chi connectivity index (χ0n) is 10.7. The Hall–Kier alpha value is -1.76. The Morgan fingerprint density at radius 3 is 2.71 bits per heavy atom. The second-order valence-electron chi connectivity index (χ2n) is 4.97. The van der Waals surface area contributed by atoms with Gasteiger partial charge < -0.3 is 9.73 Å². The molecule has 1 N–H and O–H groups in total. The molecule has 0 radical (unpaired) electrons. The van der Waals surface area contributed by atoms with Gasteiger partial charge in [-0.05, 0) is 17.7 Å². The van der Waals surface area contributed by atoms with Crippen molar-refractivity contribution in [1.29, 1.82) is 0 Å². The molecule has 0 spiro atoms. The van der Waals surface area contributed by atoms with Crippen molar-refractivity contribution in [2.45, 2.75) is 31.0 Å². The number of hydrogen-bond donors (Lipinski definition) is 1. The highest BCUT2D eigenvalue weighted by atomic mass is 35.5. The number of anilines is 1. The molecule has 4 nitrogen and oxygen atoms in total. The van der Waals surface area contributed by atoms with E-state index in [1.165, 1.54) is 0 Å². The average molecular weight is 318 g/mol. The molecule has 2 aromatic rings. The largest absolute Gasteiger partial charge is 0.402 e. The van der Waals surface area contributed by atoms with Gasteiger partial charge in [0.05, 0.1) is 0 Å². The molecule has 1 aromatic carbocycles. The minimum atomic E-state index is -2.82. The average Bonchev–Trinajstić information content (AvgIpc) is 2.85. The quantitative estimate of drug-likeness (QED) is 0.922. The minimum absolute atomic E-state index is 0.122. The van der Waals surface area contributed by atoms with E-state index in [4.69, 9.17) is 16.0 Å². The van der Waals surface area contributed by atoms with Crippen LogP contribution in [0.25, 0.3) is 0 Å². The van der Waals surface area contributed by atoms with Crippen LogP contribution in [0.2, 0.25) is 5.02 Å². The lowest BCUT2D eigenvalue weighted by Crippen LogP contribution is -2.45. The van der Waals surface area contributed by atoms with Crippen molar-refractivity contribution in [2.75, 3.05) is 5.32 Å². The van der Waals surface area contributed by atoms with E-state index in [-0.39, 0.29) is 24.9 Å². The van der Waals surface area contributed by atoms with Crippen LogP contribution < -0.4 is 5.32 Å². The molecular weight excluding hydrogens is 307 g/mol. The Morgan fingerprint density at radius 2 is 2.10 bits per heavy atom. The number of aromatic nitrogens is 2. The van der Waals surface area contributed by atoms with Gasteiger partial charge in [-0.25, -0.2) is 4.39 Å². The zero-order chi connectivity index (χ0) is 15.0. The summed E-state index contributed by atoms with van der Waals surface area (Å²) in [6, 6.07) is 6.24. The molecule has 0 bridgehead atoms. The Kier molecular flexibility index (Phi) is 3.52. The lowest BCUT2D eigenvalue weighted by Gasteiger charge is -2.41. The van der Waals surface area contributed by atoms with Crippen LogP contribution in [0.1, 0.15) is 30.7 Å². The highest BCUT2D eigenvalue weighted by Gasteiger charge is 2.46. The Labute approximate surface area is 123 Å². The standard InChI is InChI=1S/C13H11ClF3N3O/c14-8-3-1-2-7(4-8)13(17)5-9(6-13)18-12-20-19-11(21-12)10(15)16/h1-4,9-10H,5-6H2,(H,18,20). The van der Waals surface area contributed by atoms with Crippen LogP contribution in [0.3, 0.4) is 0 Å². The highest BCUT2D eigenvalue weighted by molar-refractivity contribution is 6.30. The third kappa shape index (κ3) is 2.83. The van der Waals surface area contributed by atoms with Gasteiger partial charge in [0.25, 0.3) is 5.89 Å². The molecule has 8 heteroatoms. The van der Waals surface area contributed by atoms with Crippen LogP contribution in [0.5, 0.6) is 0 Å².